The lowest BCUT2D eigenvalue weighted by Gasteiger charge is -2.04. The molecule has 0 unspecified atom stereocenters. The van der Waals surface area contributed by atoms with Gasteiger partial charge in [-0.3, -0.25) is 0 Å². The molecule has 7 nitrogen and oxygen atoms in total. The van der Waals surface area contributed by atoms with Crippen LogP contribution in [0.4, 0.5) is 10.5 Å². The molecule has 0 saturated carbocycles. The average Bonchev–Trinajstić information content (AvgIpc) is 3.13. The summed E-state index contributed by atoms with van der Waals surface area (Å²) in [6.07, 6.45) is 1.33. The van der Waals surface area contributed by atoms with Gasteiger partial charge in [-0.2, -0.15) is 5.10 Å². The number of benzene rings is 2. The van der Waals surface area contributed by atoms with E-state index < -0.39 is 12.0 Å². The van der Waals surface area contributed by atoms with Crippen LogP contribution in [-0.4, -0.2) is 18.2 Å². The van der Waals surface area contributed by atoms with E-state index in [1.54, 1.807) is 48.5 Å². The molecule has 0 aliphatic rings. The molecule has 3 aromatic rings. The molecule has 27 heavy (non-hydrogen) atoms. The van der Waals surface area contributed by atoms with Gasteiger partial charge in [0.2, 0.25) is 0 Å². The zero-order valence-corrected chi connectivity index (χ0v) is 14.6. The Bertz CT molecular complexity index is 996. The Kier molecular flexibility index (Phi) is 5.53. The molecule has 0 radical (unpaired) electrons. The van der Waals surface area contributed by atoms with E-state index in [9.17, 15) is 14.7 Å². The third-order valence-corrected chi connectivity index (χ3v) is 3.72. The number of rotatable bonds is 5. The molecule has 2 N–H and O–H groups in total. The first-order chi connectivity index (χ1) is 13.0. The van der Waals surface area contributed by atoms with Crippen LogP contribution in [0.3, 0.4) is 0 Å². The Morgan fingerprint density at radius 2 is 1.85 bits per heavy atom. The fourth-order valence-electron chi connectivity index (χ4n) is 2.22. The maximum absolute atomic E-state index is 11.8. The summed E-state index contributed by atoms with van der Waals surface area (Å²) in [6.45, 7) is 0. The minimum atomic E-state index is -1.26. The number of aromatic carboxylic acids is 1. The number of hydrogen-bond donors (Lipinski definition) is 2. The van der Waals surface area contributed by atoms with Gasteiger partial charge in [0.15, 0.2) is 0 Å². The number of carbonyl (C=O) groups is 2. The minimum absolute atomic E-state index is 0.0552. The summed E-state index contributed by atoms with van der Waals surface area (Å²) in [4.78, 5) is 22.7. The van der Waals surface area contributed by atoms with E-state index in [-0.39, 0.29) is 5.56 Å². The Balaban J connectivity index is 1.60. The number of carbonyl (C=O) groups excluding carboxylic acids is 2. The highest BCUT2D eigenvalue weighted by Gasteiger charge is 2.05. The zero-order valence-electron chi connectivity index (χ0n) is 13.8. The lowest BCUT2D eigenvalue weighted by molar-refractivity contribution is -0.255. The third-order valence-electron chi connectivity index (χ3n) is 3.47. The zero-order chi connectivity index (χ0) is 19.2. The monoisotopic (exact) mass is 382 g/mol. The van der Waals surface area contributed by atoms with Gasteiger partial charge in [-0.05, 0) is 48.0 Å². The van der Waals surface area contributed by atoms with Crippen molar-refractivity contribution < 1.29 is 19.1 Å². The number of carboxylic acids is 1. The standard InChI is InChI=1S/C19H14ClN3O4/c20-14-4-6-15(7-5-14)22-19(26)23-21-11-16-8-9-17(27-16)12-2-1-3-13(10-12)18(24)25/h1-11H,(H,24,25)(H2,22,23,26)/p-1/b21-11+. The Morgan fingerprint density at radius 3 is 2.59 bits per heavy atom. The predicted octanol–water partition coefficient (Wildman–Crippen LogP) is 3.12. The van der Waals surface area contributed by atoms with E-state index in [4.69, 9.17) is 16.0 Å². The van der Waals surface area contributed by atoms with Crippen LogP contribution in [0.15, 0.2) is 70.2 Å². The first-order valence-corrected chi connectivity index (χ1v) is 8.16. The molecular weight excluding hydrogens is 370 g/mol. The fourth-order valence-corrected chi connectivity index (χ4v) is 2.35. The van der Waals surface area contributed by atoms with E-state index >= 15 is 0 Å². The SMILES string of the molecule is O=C(N/N=C/c1ccc(-c2cccc(C(=O)[O-])c2)o1)Nc1ccc(Cl)cc1. The number of urea groups is 1. The van der Waals surface area contributed by atoms with E-state index in [2.05, 4.69) is 15.8 Å². The number of nitrogens with one attached hydrogen (secondary N) is 2. The quantitative estimate of drug-likeness (QED) is 0.522. The van der Waals surface area contributed by atoms with Crippen molar-refractivity contribution in [2.75, 3.05) is 5.32 Å². The molecule has 0 atom stereocenters. The van der Waals surface area contributed by atoms with Crippen LogP contribution in [-0.2, 0) is 0 Å². The molecule has 1 aromatic heterocycles. The highest BCUT2D eigenvalue weighted by atomic mass is 35.5. The molecule has 0 fully saturated rings. The van der Waals surface area contributed by atoms with Crippen LogP contribution in [0.2, 0.25) is 5.02 Å². The Hall–Kier alpha value is -3.58. The summed E-state index contributed by atoms with van der Waals surface area (Å²) in [5, 5.41) is 17.9. The second-order valence-electron chi connectivity index (χ2n) is 5.40. The molecule has 3 rings (SSSR count). The van der Waals surface area contributed by atoms with Gasteiger partial charge in [-0.1, -0.05) is 29.8 Å². The lowest BCUT2D eigenvalue weighted by atomic mass is 10.1. The molecule has 0 aliphatic heterocycles. The molecule has 1 heterocycles. The van der Waals surface area contributed by atoms with Crippen molar-refractivity contribution in [2.24, 2.45) is 5.10 Å². The predicted molar refractivity (Wildman–Crippen MR) is 99.7 cm³/mol. The Labute approximate surface area is 159 Å². The van der Waals surface area contributed by atoms with Gasteiger partial charge in [0.1, 0.15) is 11.5 Å². The normalized spacial score (nSPS) is 10.7. The van der Waals surface area contributed by atoms with Gasteiger partial charge >= 0.3 is 6.03 Å². The summed E-state index contributed by atoms with van der Waals surface area (Å²) < 4.78 is 5.57. The van der Waals surface area contributed by atoms with Crippen molar-refractivity contribution >= 4 is 35.5 Å². The molecule has 0 saturated heterocycles. The molecule has 0 bridgehead atoms. The van der Waals surface area contributed by atoms with E-state index in [1.807, 2.05) is 0 Å². The number of amides is 2. The number of anilines is 1. The molecule has 8 heteroatoms. The fraction of sp³-hybridized carbons (Fsp3) is 0. The van der Waals surface area contributed by atoms with Crippen LogP contribution in [0, 0.1) is 0 Å². The van der Waals surface area contributed by atoms with Gasteiger partial charge < -0.3 is 19.6 Å². The summed E-state index contributed by atoms with van der Waals surface area (Å²) in [5.74, 6) is -0.415. The largest absolute Gasteiger partial charge is 0.545 e. The van der Waals surface area contributed by atoms with Gasteiger partial charge in [-0.25, -0.2) is 10.2 Å². The molecule has 0 aliphatic carbocycles. The summed E-state index contributed by atoms with van der Waals surface area (Å²) >= 11 is 5.78. The van der Waals surface area contributed by atoms with E-state index in [0.29, 0.717) is 27.8 Å². The highest BCUT2D eigenvalue weighted by molar-refractivity contribution is 6.30. The molecule has 2 amide bonds. The van der Waals surface area contributed by atoms with Crippen LogP contribution >= 0.6 is 11.6 Å². The summed E-state index contributed by atoms with van der Waals surface area (Å²) in [7, 11) is 0. The number of carboxylic acid groups (broad SMARTS) is 1. The number of halogens is 1. The van der Waals surface area contributed by atoms with Crippen LogP contribution in [0.5, 0.6) is 0 Å². The molecule has 0 spiro atoms. The summed E-state index contributed by atoms with van der Waals surface area (Å²) in [6, 6.07) is 15.6. The van der Waals surface area contributed by atoms with Crippen molar-refractivity contribution in [3.05, 3.63) is 77.0 Å². The van der Waals surface area contributed by atoms with Crippen molar-refractivity contribution in [2.45, 2.75) is 0 Å². The average molecular weight is 383 g/mol. The smallest absolute Gasteiger partial charge is 0.339 e. The molecular formula is C19H13ClN3O4-. The molecule has 136 valence electrons. The first kappa shape index (κ1) is 18.2. The van der Waals surface area contributed by atoms with Crippen molar-refractivity contribution in [1.82, 2.24) is 5.43 Å². The number of hydrazone groups is 1. The second kappa shape index (κ2) is 8.20. The van der Waals surface area contributed by atoms with Crippen molar-refractivity contribution in [3.63, 3.8) is 0 Å². The van der Waals surface area contributed by atoms with Crippen molar-refractivity contribution in [3.8, 4) is 11.3 Å². The van der Waals surface area contributed by atoms with E-state index in [1.165, 1.54) is 18.3 Å². The first-order valence-electron chi connectivity index (χ1n) is 7.78. The summed E-state index contributed by atoms with van der Waals surface area (Å²) in [5.41, 5.74) is 3.52. The maximum Gasteiger partial charge on any atom is 0.339 e. The van der Waals surface area contributed by atoms with Gasteiger partial charge in [0, 0.05) is 16.3 Å². The highest BCUT2D eigenvalue weighted by Crippen LogP contribution is 2.22. The maximum atomic E-state index is 11.8. The van der Waals surface area contributed by atoms with Gasteiger partial charge in [0.25, 0.3) is 0 Å². The minimum Gasteiger partial charge on any atom is -0.545 e. The second-order valence-corrected chi connectivity index (χ2v) is 5.84. The van der Waals surface area contributed by atoms with Gasteiger partial charge in [-0.15, -0.1) is 0 Å². The third kappa shape index (κ3) is 4.96. The number of nitrogens with zero attached hydrogens (tertiary/aromatic N) is 1. The topological polar surface area (TPSA) is 107 Å². The van der Waals surface area contributed by atoms with E-state index in [0.717, 1.165) is 0 Å². The Morgan fingerprint density at radius 1 is 1.07 bits per heavy atom. The lowest BCUT2D eigenvalue weighted by Crippen LogP contribution is -2.24. The van der Waals surface area contributed by atoms with Crippen LogP contribution in [0.1, 0.15) is 16.1 Å². The number of hydrogen-bond acceptors (Lipinski definition) is 5. The number of furan rings is 1. The van der Waals surface area contributed by atoms with Crippen LogP contribution in [0.25, 0.3) is 11.3 Å². The van der Waals surface area contributed by atoms with Crippen molar-refractivity contribution in [1.29, 1.82) is 0 Å². The molecule has 2 aromatic carbocycles. The van der Waals surface area contributed by atoms with Crippen LogP contribution < -0.4 is 15.8 Å². The van der Waals surface area contributed by atoms with Gasteiger partial charge in [0.05, 0.1) is 12.2 Å².